The van der Waals surface area contributed by atoms with Gasteiger partial charge in [0.2, 0.25) is 0 Å². The summed E-state index contributed by atoms with van der Waals surface area (Å²) in [7, 11) is 0. The molecule has 0 radical (unpaired) electrons. The van der Waals surface area contributed by atoms with Gasteiger partial charge in [0.05, 0.1) is 11.4 Å². The lowest BCUT2D eigenvalue weighted by atomic mass is 9.98. The lowest BCUT2D eigenvalue weighted by Gasteiger charge is -2.19. The van der Waals surface area contributed by atoms with Gasteiger partial charge in [-0.05, 0) is 42.3 Å². The van der Waals surface area contributed by atoms with E-state index < -0.39 is 0 Å². The highest BCUT2D eigenvalue weighted by molar-refractivity contribution is 7.13. The van der Waals surface area contributed by atoms with Crippen molar-refractivity contribution in [2.75, 3.05) is 19.8 Å². The molecule has 4 heterocycles. The minimum atomic E-state index is 0.0619. The van der Waals surface area contributed by atoms with Crippen molar-refractivity contribution in [3.63, 3.8) is 0 Å². The summed E-state index contributed by atoms with van der Waals surface area (Å²) in [5.41, 5.74) is 4.86. The quantitative estimate of drug-likeness (QED) is 0.669. The largest absolute Gasteiger partial charge is 0.486 e. The molecule has 0 spiro atoms. The molecule has 0 fully saturated rings. The van der Waals surface area contributed by atoms with E-state index in [0.717, 1.165) is 59.1 Å². The lowest BCUT2D eigenvalue weighted by molar-refractivity contribution is 0.0992. The van der Waals surface area contributed by atoms with E-state index in [-0.39, 0.29) is 5.78 Å². The molecular formula is C22H21N3O3S. The van der Waals surface area contributed by atoms with Gasteiger partial charge in [-0.1, -0.05) is 0 Å². The average molecular weight is 407 g/mol. The standard InChI is InChI=1S/C22H21N3O3S/c1-13-14(10-17(26)22-25-16-5-6-23-12-20(16)29-22)4-7-24-21(13)15-2-3-18-19(11-15)28-9-8-27-18/h2-4,7,11,23H,5-6,8-10,12H2,1H3. The number of fused-ring (bicyclic) bond motifs is 2. The third-order valence-electron chi connectivity index (χ3n) is 5.32. The van der Waals surface area contributed by atoms with Crippen LogP contribution in [-0.2, 0) is 19.4 Å². The first kappa shape index (κ1) is 18.3. The predicted molar refractivity (Wildman–Crippen MR) is 111 cm³/mol. The van der Waals surface area contributed by atoms with Crippen LogP contribution in [0.4, 0.5) is 0 Å². The Bertz CT molecular complexity index is 1070. The van der Waals surface area contributed by atoms with E-state index in [1.54, 1.807) is 6.20 Å². The van der Waals surface area contributed by atoms with Crippen LogP contribution >= 0.6 is 11.3 Å². The Balaban J connectivity index is 1.42. The summed E-state index contributed by atoms with van der Waals surface area (Å²) >= 11 is 1.52. The number of ketones is 1. The van der Waals surface area contributed by atoms with Crippen molar-refractivity contribution < 1.29 is 14.3 Å². The maximum atomic E-state index is 12.9. The topological polar surface area (TPSA) is 73.3 Å². The number of rotatable bonds is 4. The molecule has 0 saturated carbocycles. The van der Waals surface area contributed by atoms with E-state index in [4.69, 9.17) is 9.47 Å². The highest BCUT2D eigenvalue weighted by Crippen LogP contribution is 2.35. The number of carbonyl (C=O) groups is 1. The minimum absolute atomic E-state index is 0.0619. The zero-order valence-corrected chi connectivity index (χ0v) is 17.0. The van der Waals surface area contributed by atoms with E-state index in [2.05, 4.69) is 15.3 Å². The third-order valence-corrected chi connectivity index (χ3v) is 6.46. The maximum absolute atomic E-state index is 12.9. The molecule has 29 heavy (non-hydrogen) atoms. The van der Waals surface area contributed by atoms with Gasteiger partial charge in [-0.3, -0.25) is 9.78 Å². The van der Waals surface area contributed by atoms with Gasteiger partial charge in [-0.2, -0.15) is 0 Å². The van der Waals surface area contributed by atoms with Crippen LogP contribution in [0.1, 0.15) is 31.5 Å². The fourth-order valence-electron chi connectivity index (χ4n) is 3.74. The first-order valence-electron chi connectivity index (χ1n) is 9.76. The Kier molecular flexibility index (Phi) is 4.77. The summed E-state index contributed by atoms with van der Waals surface area (Å²) in [5, 5.41) is 3.94. The predicted octanol–water partition coefficient (Wildman–Crippen LogP) is 3.36. The average Bonchev–Trinajstić information content (AvgIpc) is 3.19. The monoisotopic (exact) mass is 407 g/mol. The molecule has 2 aliphatic rings. The van der Waals surface area contributed by atoms with Crippen molar-refractivity contribution in [2.24, 2.45) is 0 Å². The van der Waals surface area contributed by atoms with E-state index in [9.17, 15) is 4.79 Å². The molecule has 148 valence electrons. The highest BCUT2D eigenvalue weighted by Gasteiger charge is 2.21. The Morgan fingerprint density at radius 3 is 2.93 bits per heavy atom. The van der Waals surface area contributed by atoms with Gasteiger partial charge >= 0.3 is 0 Å². The summed E-state index contributed by atoms with van der Waals surface area (Å²) in [6.45, 7) is 4.86. The van der Waals surface area contributed by atoms with Crippen LogP contribution in [0.2, 0.25) is 0 Å². The molecule has 0 bridgehead atoms. The third kappa shape index (κ3) is 3.52. The molecule has 2 aliphatic heterocycles. The van der Waals surface area contributed by atoms with E-state index in [1.807, 2.05) is 31.2 Å². The SMILES string of the molecule is Cc1c(CC(=O)c2nc3c(s2)CNCC3)ccnc1-c1ccc2c(c1)OCCO2. The van der Waals surface area contributed by atoms with Crippen LogP contribution in [0.5, 0.6) is 11.5 Å². The van der Waals surface area contributed by atoms with Crippen molar-refractivity contribution >= 4 is 17.1 Å². The second-order valence-corrected chi connectivity index (χ2v) is 8.30. The Morgan fingerprint density at radius 1 is 1.21 bits per heavy atom. The first-order valence-corrected chi connectivity index (χ1v) is 10.6. The molecule has 5 rings (SSSR count). The number of nitrogens with zero attached hydrogens (tertiary/aromatic N) is 2. The number of thiazole rings is 1. The number of Topliss-reactive ketones (excluding diaryl/α,β-unsaturated/α-hetero) is 1. The highest BCUT2D eigenvalue weighted by atomic mass is 32.1. The molecule has 2 aromatic heterocycles. The summed E-state index contributed by atoms with van der Waals surface area (Å²) in [6, 6.07) is 7.77. The number of hydrogen-bond acceptors (Lipinski definition) is 7. The molecule has 1 N–H and O–H groups in total. The number of pyridine rings is 1. The lowest BCUT2D eigenvalue weighted by Crippen LogP contribution is -2.22. The number of ether oxygens (including phenoxy) is 2. The van der Waals surface area contributed by atoms with Crippen LogP contribution in [0.3, 0.4) is 0 Å². The number of aromatic nitrogens is 2. The molecule has 6 nitrogen and oxygen atoms in total. The summed E-state index contributed by atoms with van der Waals surface area (Å²) in [4.78, 5) is 23.2. The van der Waals surface area contributed by atoms with E-state index in [1.165, 1.54) is 16.2 Å². The van der Waals surface area contributed by atoms with Crippen LogP contribution in [0.25, 0.3) is 11.3 Å². The van der Waals surface area contributed by atoms with Gasteiger partial charge in [0, 0.05) is 42.6 Å². The van der Waals surface area contributed by atoms with E-state index >= 15 is 0 Å². The fraction of sp³-hybridized carbons (Fsp3) is 0.318. The molecule has 1 aromatic carbocycles. The smallest absolute Gasteiger partial charge is 0.195 e. The molecule has 0 atom stereocenters. The Labute approximate surface area is 172 Å². The second kappa shape index (κ2) is 7.57. The zero-order chi connectivity index (χ0) is 19.8. The molecule has 0 saturated heterocycles. The Morgan fingerprint density at radius 2 is 2.07 bits per heavy atom. The normalized spacial score (nSPS) is 15.1. The molecule has 7 heteroatoms. The molecule has 3 aromatic rings. The van der Waals surface area contributed by atoms with Crippen LogP contribution in [0, 0.1) is 6.92 Å². The summed E-state index contributed by atoms with van der Waals surface area (Å²) < 4.78 is 11.3. The second-order valence-electron chi connectivity index (χ2n) is 7.22. The number of nitrogens with one attached hydrogen (secondary N) is 1. The van der Waals surface area contributed by atoms with Crippen molar-refractivity contribution in [2.45, 2.75) is 26.3 Å². The summed E-state index contributed by atoms with van der Waals surface area (Å²) in [5.74, 6) is 1.55. The fourth-order valence-corrected chi connectivity index (χ4v) is 4.76. The molecule has 0 unspecified atom stereocenters. The molecular weight excluding hydrogens is 386 g/mol. The van der Waals surface area contributed by atoms with Crippen LogP contribution in [0.15, 0.2) is 30.5 Å². The Hall–Kier alpha value is -2.77. The van der Waals surface area contributed by atoms with Gasteiger partial charge in [0.15, 0.2) is 22.3 Å². The van der Waals surface area contributed by atoms with E-state index in [0.29, 0.717) is 24.6 Å². The van der Waals surface area contributed by atoms with Crippen molar-refractivity contribution in [3.8, 4) is 22.8 Å². The van der Waals surface area contributed by atoms with Crippen molar-refractivity contribution in [3.05, 3.63) is 57.2 Å². The molecule has 0 aliphatic carbocycles. The van der Waals surface area contributed by atoms with Gasteiger partial charge in [0.25, 0.3) is 0 Å². The number of benzene rings is 1. The summed E-state index contributed by atoms with van der Waals surface area (Å²) in [6.07, 6.45) is 2.98. The van der Waals surface area contributed by atoms with Gasteiger partial charge in [0.1, 0.15) is 13.2 Å². The number of hydrogen-bond donors (Lipinski definition) is 1. The van der Waals surface area contributed by atoms with Crippen LogP contribution < -0.4 is 14.8 Å². The van der Waals surface area contributed by atoms with Crippen molar-refractivity contribution in [1.29, 1.82) is 0 Å². The maximum Gasteiger partial charge on any atom is 0.195 e. The van der Waals surface area contributed by atoms with Crippen LogP contribution in [-0.4, -0.2) is 35.5 Å². The van der Waals surface area contributed by atoms with Gasteiger partial charge in [-0.15, -0.1) is 11.3 Å². The zero-order valence-electron chi connectivity index (χ0n) is 16.2. The minimum Gasteiger partial charge on any atom is -0.486 e. The number of carbonyl (C=O) groups excluding carboxylic acids is 1. The molecule has 0 amide bonds. The first-order chi connectivity index (χ1) is 14.2. The van der Waals surface area contributed by atoms with Gasteiger partial charge in [-0.25, -0.2) is 4.98 Å². The van der Waals surface area contributed by atoms with Crippen molar-refractivity contribution in [1.82, 2.24) is 15.3 Å². The van der Waals surface area contributed by atoms with Gasteiger partial charge < -0.3 is 14.8 Å².